The molecule has 1 aromatic carbocycles. The van der Waals surface area contributed by atoms with Crippen LogP contribution in [0.5, 0.6) is 5.75 Å². The van der Waals surface area contributed by atoms with Gasteiger partial charge in [0.25, 0.3) is 0 Å². The molecule has 21 heavy (non-hydrogen) atoms. The maximum atomic E-state index is 12.9. The Bertz CT molecular complexity index is 512. The standard InChI is InChI=1S/C15H20ClFN2O2/c1-10-6-11(8-18)9-19(10)15(20)4-5-21-14-3-2-12(17)7-13(14)16/h2-3,7,10-11H,4-6,8-9,18H2,1H3. The van der Waals surface area contributed by atoms with E-state index in [1.54, 1.807) is 0 Å². The minimum Gasteiger partial charge on any atom is -0.491 e. The number of likely N-dealkylation sites (tertiary alicyclic amines) is 1. The number of halogens is 2. The van der Waals surface area contributed by atoms with Gasteiger partial charge in [-0.1, -0.05) is 11.6 Å². The van der Waals surface area contributed by atoms with Crippen molar-refractivity contribution in [3.8, 4) is 5.75 Å². The predicted octanol–water partition coefficient (Wildman–Crippen LogP) is 2.44. The molecule has 1 fully saturated rings. The smallest absolute Gasteiger partial charge is 0.226 e. The first-order chi connectivity index (χ1) is 10.0. The number of benzene rings is 1. The third-order valence-electron chi connectivity index (χ3n) is 3.78. The van der Waals surface area contributed by atoms with Crippen LogP contribution < -0.4 is 10.5 Å². The van der Waals surface area contributed by atoms with Gasteiger partial charge in [0.15, 0.2) is 0 Å². The van der Waals surface area contributed by atoms with Crippen LogP contribution in [0.2, 0.25) is 5.02 Å². The molecule has 0 bridgehead atoms. The molecule has 0 spiro atoms. The maximum absolute atomic E-state index is 12.9. The van der Waals surface area contributed by atoms with Crippen molar-refractivity contribution in [2.75, 3.05) is 19.7 Å². The lowest BCUT2D eigenvalue weighted by molar-refractivity contribution is -0.132. The summed E-state index contributed by atoms with van der Waals surface area (Å²) in [7, 11) is 0. The van der Waals surface area contributed by atoms with Gasteiger partial charge in [-0.05, 0) is 44.0 Å². The van der Waals surface area contributed by atoms with Crippen LogP contribution in [0.25, 0.3) is 0 Å². The van der Waals surface area contributed by atoms with E-state index in [-0.39, 0.29) is 30.0 Å². The summed E-state index contributed by atoms with van der Waals surface area (Å²) in [6, 6.07) is 4.15. The Morgan fingerprint density at radius 3 is 2.95 bits per heavy atom. The van der Waals surface area contributed by atoms with E-state index in [9.17, 15) is 9.18 Å². The van der Waals surface area contributed by atoms with Gasteiger partial charge in [-0.3, -0.25) is 4.79 Å². The lowest BCUT2D eigenvalue weighted by Gasteiger charge is -2.21. The number of hydrogen-bond donors (Lipinski definition) is 1. The molecule has 2 rings (SSSR count). The van der Waals surface area contributed by atoms with Gasteiger partial charge >= 0.3 is 0 Å². The van der Waals surface area contributed by atoms with Gasteiger partial charge in [-0.15, -0.1) is 0 Å². The van der Waals surface area contributed by atoms with E-state index in [0.29, 0.717) is 24.8 Å². The largest absolute Gasteiger partial charge is 0.491 e. The van der Waals surface area contributed by atoms with Crippen LogP contribution in [0.15, 0.2) is 18.2 Å². The van der Waals surface area contributed by atoms with E-state index in [0.717, 1.165) is 6.42 Å². The number of rotatable bonds is 5. The third-order valence-corrected chi connectivity index (χ3v) is 4.08. The van der Waals surface area contributed by atoms with E-state index in [4.69, 9.17) is 22.1 Å². The van der Waals surface area contributed by atoms with Gasteiger partial charge in [-0.25, -0.2) is 4.39 Å². The molecule has 1 aliphatic rings. The maximum Gasteiger partial charge on any atom is 0.226 e. The molecule has 2 N–H and O–H groups in total. The van der Waals surface area contributed by atoms with Crippen LogP contribution in [-0.4, -0.2) is 36.5 Å². The molecule has 0 aromatic heterocycles. The molecule has 1 saturated heterocycles. The van der Waals surface area contributed by atoms with Crippen LogP contribution in [-0.2, 0) is 4.79 Å². The fourth-order valence-electron chi connectivity index (χ4n) is 2.64. The molecule has 1 aromatic rings. The van der Waals surface area contributed by atoms with Crippen LogP contribution in [0.4, 0.5) is 4.39 Å². The van der Waals surface area contributed by atoms with Gasteiger partial charge in [0.1, 0.15) is 11.6 Å². The van der Waals surface area contributed by atoms with Gasteiger partial charge in [0.2, 0.25) is 5.91 Å². The minimum atomic E-state index is -0.415. The minimum absolute atomic E-state index is 0.0525. The number of nitrogens with zero attached hydrogens (tertiary/aromatic N) is 1. The first-order valence-electron chi connectivity index (χ1n) is 7.08. The highest BCUT2D eigenvalue weighted by molar-refractivity contribution is 6.32. The summed E-state index contributed by atoms with van der Waals surface area (Å²) in [5, 5.41) is 0.209. The highest BCUT2D eigenvalue weighted by atomic mass is 35.5. The number of ether oxygens (including phenoxy) is 1. The third kappa shape index (κ3) is 4.08. The van der Waals surface area contributed by atoms with Crippen molar-refractivity contribution >= 4 is 17.5 Å². The molecule has 0 radical (unpaired) electrons. The summed E-state index contributed by atoms with van der Waals surface area (Å²) >= 11 is 5.86. The van der Waals surface area contributed by atoms with Crippen molar-refractivity contribution in [2.24, 2.45) is 11.7 Å². The Balaban J connectivity index is 1.82. The molecule has 4 nitrogen and oxygen atoms in total. The fraction of sp³-hybridized carbons (Fsp3) is 0.533. The number of carbonyl (C=O) groups is 1. The molecule has 2 atom stereocenters. The van der Waals surface area contributed by atoms with Crippen molar-refractivity contribution in [3.63, 3.8) is 0 Å². The quantitative estimate of drug-likeness (QED) is 0.908. The van der Waals surface area contributed by atoms with E-state index in [1.807, 2.05) is 11.8 Å². The first-order valence-corrected chi connectivity index (χ1v) is 7.46. The lowest BCUT2D eigenvalue weighted by atomic mass is 10.1. The summed E-state index contributed by atoms with van der Waals surface area (Å²) < 4.78 is 18.3. The Hall–Kier alpha value is -1.33. The van der Waals surface area contributed by atoms with E-state index in [2.05, 4.69) is 0 Å². The van der Waals surface area contributed by atoms with E-state index < -0.39 is 5.82 Å². The summed E-state index contributed by atoms with van der Waals surface area (Å²) in [5.41, 5.74) is 5.66. The number of hydrogen-bond acceptors (Lipinski definition) is 3. The highest BCUT2D eigenvalue weighted by Gasteiger charge is 2.31. The Morgan fingerprint density at radius 1 is 1.57 bits per heavy atom. The molecular weight excluding hydrogens is 295 g/mol. The summed E-state index contributed by atoms with van der Waals surface area (Å²) in [4.78, 5) is 14.0. The molecule has 0 saturated carbocycles. The summed E-state index contributed by atoms with van der Waals surface area (Å²) in [6.07, 6.45) is 1.22. The molecule has 2 unspecified atom stereocenters. The topological polar surface area (TPSA) is 55.6 Å². The van der Waals surface area contributed by atoms with Crippen molar-refractivity contribution in [1.29, 1.82) is 0 Å². The summed E-state index contributed by atoms with van der Waals surface area (Å²) in [5.74, 6) is 0.412. The lowest BCUT2D eigenvalue weighted by Crippen LogP contribution is -2.35. The van der Waals surface area contributed by atoms with Crippen molar-refractivity contribution in [2.45, 2.75) is 25.8 Å². The van der Waals surface area contributed by atoms with Crippen LogP contribution in [0, 0.1) is 11.7 Å². The number of nitrogens with two attached hydrogens (primary N) is 1. The number of amides is 1. The fourth-order valence-corrected chi connectivity index (χ4v) is 2.87. The van der Waals surface area contributed by atoms with Gasteiger partial charge in [-0.2, -0.15) is 0 Å². The first kappa shape index (κ1) is 16.0. The Labute approximate surface area is 129 Å². The van der Waals surface area contributed by atoms with Crippen molar-refractivity contribution in [3.05, 3.63) is 29.0 Å². The highest BCUT2D eigenvalue weighted by Crippen LogP contribution is 2.26. The molecular formula is C15H20ClFN2O2. The van der Waals surface area contributed by atoms with Crippen molar-refractivity contribution in [1.82, 2.24) is 4.90 Å². The normalized spacial score (nSPS) is 21.6. The predicted molar refractivity (Wildman–Crippen MR) is 79.9 cm³/mol. The zero-order chi connectivity index (χ0) is 15.4. The number of carbonyl (C=O) groups excluding carboxylic acids is 1. The average Bonchev–Trinajstić information content (AvgIpc) is 2.82. The SMILES string of the molecule is CC1CC(CN)CN1C(=O)CCOc1ccc(F)cc1Cl. The molecule has 0 aliphatic carbocycles. The van der Waals surface area contributed by atoms with E-state index in [1.165, 1.54) is 18.2 Å². The second-order valence-corrected chi connectivity index (χ2v) is 5.81. The van der Waals surface area contributed by atoms with Crippen LogP contribution in [0.3, 0.4) is 0 Å². The zero-order valence-corrected chi connectivity index (χ0v) is 12.8. The summed E-state index contributed by atoms with van der Waals surface area (Å²) in [6.45, 7) is 3.58. The Kier molecular flexibility index (Phi) is 5.42. The molecule has 1 aliphatic heterocycles. The molecule has 6 heteroatoms. The van der Waals surface area contributed by atoms with Crippen LogP contribution >= 0.6 is 11.6 Å². The molecule has 116 valence electrons. The van der Waals surface area contributed by atoms with Gasteiger partial charge in [0, 0.05) is 12.6 Å². The zero-order valence-electron chi connectivity index (χ0n) is 12.0. The van der Waals surface area contributed by atoms with Crippen molar-refractivity contribution < 1.29 is 13.9 Å². The second kappa shape index (κ2) is 7.09. The average molecular weight is 315 g/mol. The Morgan fingerprint density at radius 2 is 2.33 bits per heavy atom. The van der Waals surface area contributed by atoms with Gasteiger partial charge in [0.05, 0.1) is 18.1 Å². The molecule has 1 amide bonds. The van der Waals surface area contributed by atoms with Crippen LogP contribution in [0.1, 0.15) is 19.8 Å². The van der Waals surface area contributed by atoms with Gasteiger partial charge < -0.3 is 15.4 Å². The molecule has 1 heterocycles. The monoisotopic (exact) mass is 314 g/mol. The second-order valence-electron chi connectivity index (χ2n) is 5.41. The van der Waals surface area contributed by atoms with E-state index >= 15 is 0 Å².